The van der Waals surface area contributed by atoms with Gasteiger partial charge in [0.15, 0.2) is 6.10 Å². The van der Waals surface area contributed by atoms with Gasteiger partial charge in [-0.3, -0.25) is 14.4 Å². The number of carbonyl (C=O) groups excluding carboxylic acids is 3. The first-order valence-corrected chi connectivity index (χ1v) is 8.89. The molecule has 0 radical (unpaired) electrons. The van der Waals surface area contributed by atoms with Gasteiger partial charge in [0.2, 0.25) is 0 Å². The minimum atomic E-state index is -1.07. The lowest BCUT2D eigenvalue weighted by molar-refractivity contribution is -0.152. The number of hydrogen-bond donors (Lipinski definition) is 2. The van der Waals surface area contributed by atoms with Crippen molar-refractivity contribution in [3.8, 4) is 0 Å². The van der Waals surface area contributed by atoms with Crippen LogP contribution in [0.4, 0.5) is 5.69 Å². The Morgan fingerprint density at radius 3 is 2.37 bits per heavy atom. The summed E-state index contributed by atoms with van der Waals surface area (Å²) in [6.07, 6.45) is -1.07. The highest BCUT2D eigenvalue weighted by Gasteiger charge is 2.19. The summed E-state index contributed by atoms with van der Waals surface area (Å²) in [4.78, 5) is 35.9. The number of nitrogens with one attached hydrogen (secondary N) is 2. The predicted octanol–water partition coefficient (Wildman–Crippen LogP) is 3.95. The first-order valence-electron chi connectivity index (χ1n) is 7.76. The quantitative estimate of drug-likeness (QED) is 0.681. The van der Waals surface area contributed by atoms with Crippen LogP contribution in [0.3, 0.4) is 0 Å². The fraction of sp³-hybridized carbons (Fsp3) is 0.167. The molecule has 2 N–H and O–H groups in total. The van der Waals surface area contributed by atoms with Crippen LogP contribution in [0.2, 0.25) is 15.1 Å². The zero-order valence-corrected chi connectivity index (χ0v) is 16.4. The van der Waals surface area contributed by atoms with E-state index in [1.54, 1.807) is 24.3 Å². The maximum absolute atomic E-state index is 12.1. The molecule has 2 amide bonds. The van der Waals surface area contributed by atoms with Gasteiger partial charge in [0, 0.05) is 5.56 Å². The molecule has 0 saturated carbocycles. The lowest BCUT2D eigenvalue weighted by atomic mass is 10.2. The zero-order valence-electron chi connectivity index (χ0n) is 14.1. The summed E-state index contributed by atoms with van der Waals surface area (Å²) in [7, 11) is 0. The van der Waals surface area contributed by atoms with Crippen molar-refractivity contribution in [2.75, 3.05) is 11.9 Å². The summed E-state index contributed by atoms with van der Waals surface area (Å²) in [5.74, 6) is -1.85. The van der Waals surface area contributed by atoms with Crippen LogP contribution >= 0.6 is 34.8 Å². The van der Waals surface area contributed by atoms with Crippen molar-refractivity contribution in [3.05, 3.63) is 63.1 Å². The Hall–Kier alpha value is -2.28. The van der Waals surface area contributed by atoms with Crippen LogP contribution in [0.1, 0.15) is 17.3 Å². The van der Waals surface area contributed by atoms with Crippen molar-refractivity contribution in [1.82, 2.24) is 5.32 Å². The summed E-state index contributed by atoms with van der Waals surface area (Å²) in [6.45, 7) is 0.994. The molecule has 0 bridgehead atoms. The number of benzene rings is 2. The number of rotatable bonds is 6. The summed E-state index contributed by atoms with van der Waals surface area (Å²) in [5.41, 5.74) is 0.640. The Morgan fingerprint density at radius 1 is 1.00 bits per heavy atom. The third-order valence-corrected chi connectivity index (χ3v) is 4.45. The standard InChI is InChI=1S/C18H15Cl3N2O4/c1-10(17(25)23-15-5-3-2-4-13(15)20)27-16(24)9-22-18(26)11-6-7-12(19)14(21)8-11/h2-8,10H,9H2,1H3,(H,22,26)(H,23,25). The summed E-state index contributed by atoms with van der Waals surface area (Å²) in [6, 6.07) is 11.0. The van der Waals surface area contributed by atoms with Crippen molar-refractivity contribution in [2.45, 2.75) is 13.0 Å². The Labute approximate surface area is 170 Å². The number of carbonyl (C=O) groups is 3. The minimum absolute atomic E-state index is 0.219. The third kappa shape index (κ3) is 6.13. The van der Waals surface area contributed by atoms with Gasteiger partial charge in [-0.25, -0.2) is 0 Å². The molecule has 2 rings (SSSR count). The SMILES string of the molecule is CC(OC(=O)CNC(=O)c1ccc(Cl)c(Cl)c1)C(=O)Nc1ccccc1Cl. The topological polar surface area (TPSA) is 84.5 Å². The Kier molecular flexibility index (Phi) is 7.47. The molecule has 0 saturated heterocycles. The average Bonchev–Trinajstić information content (AvgIpc) is 2.63. The Bertz CT molecular complexity index is 873. The largest absolute Gasteiger partial charge is 0.451 e. The molecule has 0 aromatic heterocycles. The summed E-state index contributed by atoms with van der Waals surface area (Å²) >= 11 is 17.6. The summed E-state index contributed by atoms with van der Waals surface area (Å²) in [5, 5.41) is 5.83. The van der Waals surface area contributed by atoms with Gasteiger partial charge in [-0.05, 0) is 37.3 Å². The normalized spacial score (nSPS) is 11.4. The van der Waals surface area contributed by atoms with E-state index >= 15 is 0 Å². The molecular weight excluding hydrogens is 415 g/mol. The Balaban J connectivity index is 1.83. The molecule has 27 heavy (non-hydrogen) atoms. The van der Waals surface area contributed by atoms with Crippen LogP contribution < -0.4 is 10.6 Å². The third-order valence-electron chi connectivity index (χ3n) is 3.38. The van der Waals surface area contributed by atoms with Gasteiger partial charge in [0.25, 0.3) is 11.8 Å². The van der Waals surface area contributed by atoms with Gasteiger partial charge >= 0.3 is 5.97 Å². The summed E-state index contributed by atoms with van der Waals surface area (Å²) < 4.78 is 5.00. The number of halogens is 3. The maximum atomic E-state index is 12.1. The van der Waals surface area contributed by atoms with Crippen LogP contribution in [-0.2, 0) is 14.3 Å². The maximum Gasteiger partial charge on any atom is 0.326 e. The molecule has 0 aliphatic heterocycles. The van der Waals surface area contributed by atoms with Gasteiger partial charge in [-0.2, -0.15) is 0 Å². The van der Waals surface area contributed by atoms with E-state index in [0.717, 1.165) is 0 Å². The first-order chi connectivity index (χ1) is 12.8. The molecule has 142 valence electrons. The van der Waals surface area contributed by atoms with Crippen LogP contribution in [0.15, 0.2) is 42.5 Å². The van der Waals surface area contributed by atoms with Gasteiger partial charge in [0.05, 0.1) is 20.8 Å². The molecule has 2 aromatic rings. The number of amides is 2. The van der Waals surface area contributed by atoms with E-state index in [4.69, 9.17) is 39.5 Å². The smallest absolute Gasteiger partial charge is 0.326 e. The van der Waals surface area contributed by atoms with Crippen molar-refractivity contribution in [3.63, 3.8) is 0 Å². The van der Waals surface area contributed by atoms with Gasteiger partial charge in [-0.1, -0.05) is 46.9 Å². The number of anilines is 1. The van der Waals surface area contributed by atoms with E-state index in [9.17, 15) is 14.4 Å². The lowest BCUT2D eigenvalue weighted by Gasteiger charge is -2.14. The molecule has 0 fully saturated rings. The number of hydrogen-bond acceptors (Lipinski definition) is 4. The zero-order chi connectivity index (χ0) is 20.0. The lowest BCUT2D eigenvalue weighted by Crippen LogP contribution is -2.35. The molecule has 6 nitrogen and oxygen atoms in total. The molecule has 2 aromatic carbocycles. The predicted molar refractivity (Wildman–Crippen MR) is 104 cm³/mol. The van der Waals surface area contributed by atoms with E-state index in [2.05, 4.69) is 10.6 Å². The van der Waals surface area contributed by atoms with Crippen LogP contribution in [-0.4, -0.2) is 30.4 Å². The second-order valence-corrected chi connectivity index (χ2v) is 6.63. The second-order valence-electron chi connectivity index (χ2n) is 5.41. The second kappa shape index (κ2) is 9.60. The average molecular weight is 430 g/mol. The monoisotopic (exact) mass is 428 g/mol. The first kappa shape index (κ1) is 21.0. The molecule has 9 heteroatoms. The van der Waals surface area contributed by atoms with Crippen molar-refractivity contribution in [1.29, 1.82) is 0 Å². The van der Waals surface area contributed by atoms with Gasteiger partial charge in [-0.15, -0.1) is 0 Å². The van der Waals surface area contributed by atoms with Crippen molar-refractivity contribution >= 4 is 58.3 Å². The molecule has 0 aliphatic rings. The molecule has 0 aliphatic carbocycles. The molecule has 1 unspecified atom stereocenters. The van der Waals surface area contributed by atoms with Gasteiger partial charge in [0.1, 0.15) is 6.54 Å². The molecule has 1 atom stereocenters. The van der Waals surface area contributed by atoms with Gasteiger partial charge < -0.3 is 15.4 Å². The molecular formula is C18H15Cl3N2O4. The van der Waals surface area contributed by atoms with E-state index in [0.29, 0.717) is 15.7 Å². The number of esters is 1. The van der Waals surface area contributed by atoms with Crippen LogP contribution in [0.25, 0.3) is 0 Å². The fourth-order valence-electron chi connectivity index (χ4n) is 1.98. The highest BCUT2D eigenvalue weighted by Crippen LogP contribution is 2.22. The van der Waals surface area contributed by atoms with E-state index < -0.39 is 30.4 Å². The molecule has 0 heterocycles. The van der Waals surface area contributed by atoms with E-state index in [1.807, 2.05) is 0 Å². The number of para-hydroxylation sites is 1. The highest BCUT2D eigenvalue weighted by molar-refractivity contribution is 6.42. The van der Waals surface area contributed by atoms with Crippen LogP contribution in [0.5, 0.6) is 0 Å². The van der Waals surface area contributed by atoms with E-state index in [-0.39, 0.29) is 10.6 Å². The minimum Gasteiger partial charge on any atom is -0.451 e. The van der Waals surface area contributed by atoms with Crippen LogP contribution in [0, 0.1) is 0 Å². The Morgan fingerprint density at radius 2 is 1.70 bits per heavy atom. The van der Waals surface area contributed by atoms with E-state index in [1.165, 1.54) is 25.1 Å². The highest BCUT2D eigenvalue weighted by atomic mass is 35.5. The number of ether oxygens (including phenoxy) is 1. The fourth-order valence-corrected chi connectivity index (χ4v) is 2.46. The van der Waals surface area contributed by atoms with Crippen molar-refractivity contribution < 1.29 is 19.1 Å². The molecule has 0 spiro atoms. The van der Waals surface area contributed by atoms with Crippen molar-refractivity contribution in [2.24, 2.45) is 0 Å².